The molecular formula is C15H17FOS. The lowest BCUT2D eigenvalue weighted by molar-refractivity contribution is 0.218. The van der Waals surface area contributed by atoms with E-state index in [1.54, 1.807) is 23.5 Å². The quantitative estimate of drug-likeness (QED) is 0.844. The Bertz CT molecular complexity index is 450. The summed E-state index contributed by atoms with van der Waals surface area (Å²) in [6.07, 6.45) is 2.77. The predicted molar refractivity (Wildman–Crippen MR) is 73.3 cm³/mol. The largest absolute Gasteiger partial charge is 0.396 e. The van der Waals surface area contributed by atoms with Crippen LogP contribution in [0.3, 0.4) is 0 Å². The fraction of sp³-hybridized carbons (Fsp3) is 0.333. The summed E-state index contributed by atoms with van der Waals surface area (Å²) >= 11 is 1.70. The zero-order chi connectivity index (χ0) is 12.8. The lowest BCUT2D eigenvalue weighted by atomic mass is 9.94. The highest BCUT2D eigenvalue weighted by molar-refractivity contribution is 7.07. The van der Waals surface area contributed by atoms with Crippen LogP contribution < -0.4 is 0 Å². The Morgan fingerprint density at radius 2 is 1.89 bits per heavy atom. The van der Waals surface area contributed by atoms with E-state index in [-0.39, 0.29) is 18.3 Å². The van der Waals surface area contributed by atoms with Gasteiger partial charge in [-0.15, -0.1) is 0 Å². The van der Waals surface area contributed by atoms with Gasteiger partial charge in [0.25, 0.3) is 0 Å². The first-order valence-electron chi connectivity index (χ1n) is 6.14. The molecule has 1 unspecified atom stereocenters. The van der Waals surface area contributed by atoms with Crippen molar-refractivity contribution in [2.45, 2.75) is 19.3 Å². The normalized spacial score (nSPS) is 12.6. The van der Waals surface area contributed by atoms with Gasteiger partial charge in [0.05, 0.1) is 0 Å². The Kier molecular flexibility index (Phi) is 4.90. The van der Waals surface area contributed by atoms with Crippen molar-refractivity contribution in [1.82, 2.24) is 0 Å². The van der Waals surface area contributed by atoms with E-state index in [1.807, 2.05) is 0 Å². The molecule has 0 amide bonds. The van der Waals surface area contributed by atoms with Crippen LogP contribution in [0, 0.1) is 11.7 Å². The molecule has 0 aliphatic carbocycles. The van der Waals surface area contributed by atoms with Gasteiger partial charge < -0.3 is 5.11 Å². The van der Waals surface area contributed by atoms with E-state index in [4.69, 9.17) is 0 Å². The van der Waals surface area contributed by atoms with Gasteiger partial charge in [-0.2, -0.15) is 11.3 Å². The fourth-order valence-corrected chi connectivity index (χ4v) is 2.72. The van der Waals surface area contributed by atoms with Gasteiger partial charge in [0.15, 0.2) is 0 Å². The third kappa shape index (κ3) is 3.93. The van der Waals surface area contributed by atoms with Crippen LogP contribution in [0.25, 0.3) is 0 Å². The van der Waals surface area contributed by atoms with Crippen LogP contribution in [0.5, 0.6) is 0 Å². The monoisotopic (exact) mass is 264 g/mol. The number of aliphatic hydroxyl groups excluding tert-OH is 1. The second-order valence-corrected chi connectivity index (χ2v) is 5.33. The number of hydrogen-bond donors (Lipinski definition) is 1. The van der Waals surface area contributed by atoms with E-state index < -0.39 is 0 Å². The van der Waals surface area contributed by atoms with Crippen molar-refractivity contribution >= 4 is 11.3 Å². The van der Waals surface area contributed by atoms with Crippen LogP contribution in [0.4, 0.5) is 4.39 Å². The molecule has 1 aromatic heterocycles. The number of aryl methyl sites for hydroxylation is 1. The SMILES string of the molecule is OCC(CCc1ccsc1)Cc1ccc(F)cc1. The van der Waals surface area contributed by atoms with Crippen LogP contribution >= 0.6 is 11.3 Å². The van der Waals surface area contributed by atoms with E-state index in [1.165, 1.54) is 17.7 Å². The molecule has 0 radical (unpaired) electrons. The van der Waals surface area contributed by atoms with Gasteiger partial charge >= 0.3 is 0 Å². The summed E-state index contributed by atoms with van der Waals surface area (Å²) in [5.74, 6) is 0.0351. The maximum absolute atomic E-state index is 12.8. The van der Waals surface area contributed by atoms with Crippen molar-refractivity contribution < 1.29 is 9.50 Å². The van der Waals surface area contributed by atoms with E-state index in [0.29, 0.717) is 0 Å². The zero-order valence-electron chi connectivity index (χ0n) is 10.2. The summed E-state index contributed by atoms with van der Waals surface area (Å²) in [6.45, 7) is 0.182. The zero-order valence-corrected chi connectivity index (χ0v) is 11.0. The molecule has 0 spiro atoms. The maximum Gasteiger partial charge on any atom is 0.123 e. The molecule has 1 aromatic carbocycles. The van der Waals surface area contributed by atoms with Gasteiger partial charge in [0, 0.05) is 6.61 Å². The van der Waals surface area contributed by atoms with Crippen molar-refractivity contribution in [2.24, 2.45) is 5.92 Å². The van der Waals surface area contributed by atoms with Crippen molar-refractivity contribution in [2.75, 3.05) is 6.61 Å². The van der Waals surface area contributed by atoms with Crippen molar-refractivity contribution in [3.8, 4) is 0 Å². The average Bonchev–Trinajstić information content (AvgIpc) is 2.90. The van der Waals surface area contributed by atoms with Gasteiger partial charge in [-0.1, -0.05) is 12.1 Å². The third-order valence-electron chi connectivity index (χ3n) is 3.12. The predicted octanol–water partition coefficient (Wildman–Crippen LogP) is 3.67. The Morgan fingerprint density at radius 1 is 1.11 bits per heavy atom. The molecule has 1 N–H and O–H groups in total. The van der Waals surface area contributed by atoms with Crippen molar-refractivity contribution in [3.05, 3.63) is 58.0 Å². The smallest absolute Gasteiger partial charge is 0.123 e. The van der Waals surface area contributed by atoms with Gasteiger partial charge in [-0.3, -0.25) is 0 Å². The summed E-state index contributed by atoms with van der Waals surface area (Å²) in [6, 6.07) is 8.66. The van der Waals surface area contributed by atoms with Crippen LogP contribution in [0.2, 0.25) is 0 Å². The number of thiophene rings is 1. The lowest BCUT2D eigenvalue weighted by Gasteiger charge is -2.13. The molecule has 0 fully saturated rings. The van der Waals surface area contributed by atoms with Gasteiger partial charge in [0.2, 0.25) is 0 Å². The standard InChI is InChI=1S/C15H17FOS/c16-15-5-3-12(4-6-15)9-14(10-17)2-1-13-7-8-18-11-13/h3-8,11,14,17H,1-2,9-10H2. The second kappa shape index (κ2) is 6.66. The minimum absolute atomic E-state index is 0.182. The van der Waals surface area contributed by atoms with E-state index in [9.17, 15) is 9.50 Å². The van der Waals surface area contributed by atoms with Crippen LogP contribution in [-0.2, 0) is 12.8 Å². The molecule has 3 heteroatoms. The first-order valence-corrected chi connectivity index (χ1v) is 7.08. The number of hydrogen-bond acceptors (Lipinski definition) is 2. The summed E-state index contributed by atoms with van der Waals surface area (Å²) in [4.78, 5) is 0. The molecule has 0 saturated heterocycles. The second-order valence-electron chi connectivity index (χ2n) is 4.55. The molecule has 0 aliphatic heterocycles. The topological polar surface area (TPSA) is 20.2 Å². The number of halogens is 1. The molecule has 2 aromatic rings. The van der Waals surface area contributed by atoms with Crippen molar-refractivity contribution in [3.63, 3.8) is 0 Å². The summed E-state index contributed by atoms with van der Waals surface area (Å²) in [7, 11) is 0. The third-order valence-corrected chi connectivity index (χ3v) is 3.85. The highest BCUT2D eigenvalue weighted by Crippen LogP contribution is 2.17. The molecule has 1 atom stereocenters. The van der Waals surface area contributed by atoms with Gasteiger partial charge in [0.1, 0.15) is 5.82 Å². The van der Waals surface area contributed by atoms with Gasteiger partial charge in [-0.25, -0.2) is 4.39 Å². The summed E-state index contributed by atoms with van der Waals surface area (Å²) in [5, 5.41) is 13.6. The molecular weight excluding hydrogens is 247 g/mol. The van der Waals surface area contributed by atoms with E-state index >= 15 is 0 Å². The molecule has 1 nitrogen and oxygen atoms in total. The molecule has 0 aliphatic rings. The van der Waals surface area contributed by atoms with Crippen molar-refractivity contribution in [1.29, 1.82) is 0 Å². The molecule has 0 saturated carbocycles. The van der Waals surface area contributed by atoms with Crippen LogP contribution in [0.15, 0.2) is 41.1 Å². The molecule has 18 heavy (non-hydrogen) atoms. The van der Waals surface area contributed by atoms with Crippen LogP contribution in [-0.4, -0.2) is 11.7 Å². The van der Waals surface area contributed by atoms with E-state index in [0.717, 1.165) is 24.8 Å². The van der Waals surface area contributed by atoms with E-state index in [2.05, 4.69) is 16.8 Å². The molecule has 0 bridgehead atoms. The summed E-state index contributed by atoms with van der Waals surface area (Å²) < 4.78 is 12.8. The number of rotatable bonds is 6. The fourth-order valence-electron chi connectivity index (χ4n) is 2.02. The minimum atomic E-state index is -0.211. The average molecular weight is 264 g/mol. The Balaban J connectivity index is 1.87. The minimum Gasteiger partial charge on any atom is -0.396 e. The molecule has 1 heterocycles. The number of benzene rings is 1. The van der Waals surface area contributed by atoms with Crippen LogP contribution in [0.1, 0.15) is 17.5 Å². The molecule has 96 valence electrons. The molecule has 2 rings (SSSR count). The summed E-state index contributed by atoms with van der Waals surface area (Å²) in [5.41, 5.74) is 2.42. The highest BCUT2D eigenvalue weighted by Gasteiger charge is 2.09. The maximum atomic E-state index is 12.8. The Hall–Kier alpha value is -1.19. The first-order chi connectivity index (χ1) is 8.78. The Labute approximate surface area is 111 Å². The first kappa shape index (κ1) is 13.2. The number of aliphatic hydroxyl groups is 1. The highest BCUT2D eigenvalue weighted by atomic mass is 32.1. The Morgan fingerprint density at radius 3 is 2.50 bits per heavy atom. The van der Waals surface area contributed by atoms with Gasteiger partial charge in [-0.05, 0) is 65.3 Å². The lowest BCUT2D eigenvalue weighted by Crippen LogP contribution is -2.10.